The lowest BCUT2D eigenvalue weighted by Gasteiger charge is -1.98. The Morgan fingerprint density at radius 2 is 0.912 bits per heavy atom. The lowest BCUT2D eigenvalue weighted by atomic mass is 10.1. The van der Waals surface area contributed by atoms with Crippen molar-refractivity contribution in [3.05, 3.63) is 120 Å². The second kappa shape index (κ2) is 9.97. The van der Waals surface area contributed by atoms with E-state index in [-0.39, 0.29) is 0 Å². The Morgan fingerprint density at radius 1 is 0.529 bits per heavy atom. The number of benzene rings is 3. The standard InChI is InChI=1S/C30H16O4/c1-33-29(31)27-17-15-23-13-11-21-7-3-4-8-22(21)12-14-24-16-18-28(30(32)34-2)20-26(24)10-6-5-9-25(23)19-27/h3-4,7-8,15-20H,1-2H3. The van der Waals surface area contributed by atoms with Crippen LogP contribution in [0, 0.1) is 48.5 Å². The number of carbonyl (C=O) groups is 2. The SMILES string of the molecule is COC(=O)c1ccc2c#cc3ccccc3c#cc3ccc(C(=O)OC)cc3c#cc#cc2c1. The summed E-state index contributed by atoms with van der Waals surface area (Å²) in [5, 5.41) is 3.90. The fourth-order valence-corrected chi connectivity index (χ4v) is 3.17. The molecule has 0 bridgehead atoms. The highest BCUT2D eigenvalue weighted by Gasteiger charge is 2.05. The molecule has 0 spiro atoms. The monoisotopic (exact) mass is 440 g/mol. The van der Waals surface area contributed by atoms with Gasteiger partial charge in [-0.25, -0.2) is 9.59 Å². The van der Waals surface area contributed by atoms with Crippen LogP contribution in [0.15, 0.2) is 60.7 Å². The average molecular weight is 440 g/mol. The summed E-state index contributed by atoms with van der Waals surface area (Å²) in [5.41, 5.74) is 0.733. The van der Waals surface area contributed by atoms with Crippen LogP contribution in [0.5, 0.6) is 0 Å². The molecule has 4 aromatic rings. The summed E-state index contributed by atoms with van der Waals surface area (Å²) in [4.78, 5) is 24.0. The number of ether oxygens (including phenoxy) is 2. The van der Waals surface area contributed by atoms with E-state index in [0.29, 0.717) is 32.7 Å². The van der Waals surface area contributed by atoms with E-state index < -0.39 is 11.9 Å². The minimum Gasteiger partial charge on any atom is -0.465 e. The second-order valence-electron chi connectivity index (χ2n) is 7.05. The van der Waals surface area contributed by atoms with Crippen LogP contribution in [0.4, 0.5) is 0 Å². The maximum Gasteiger partial charge on any atom is 0.337 e. The molecule has 0 amide bonds. The number of methoxy groups -OCH3 is 2. The van der Waals surface area contributed by atoms with Crippen LogP contribution in [-0.2, 0) is 9.47 Å². The van der Waals surface area contributed by atoms with Crippen molar-refractivity contribution in [3.63, 3.8) is 0 Å². The summed E-state index contributed by atoms with van der Waals surface area (Å²) >= 11 is 0. The number of esters is 2. The molecule has 0 aliphatic heterocycles. The van der Waals surface area contributed by atoms with Gasteiger partial charge in [0.25, 0.3) is 0 Å². The predicted octanol–water partition coefficient (Wildman–Crippen LogP) is 5.37. The maximum atomic E-state index is 12.0. The van der Waals surface area contributed by atoms with Gasteiger partial charge in [-0.1, -0.05) is 48.5 Å². The largest absolute Gasteiger partial charge is 0.465 e. The van der Waals surface area contributed by atoms with Crippen molar-refractivity contribution in [2.45, 2.75) is 0 Å². The maximum absolute atomic E-state index is 12.0. The Labute approximate surface area is 198 Å². The van der Waals surface area contributed by atoms with E-state index >= 15 is 0 Å². The zero-order valence-corrected chi connectivity index (χ0v) is 18.4. The normalized spacial score (nSPS) is 9.35. The molecule has 4 heteroatoms. The number of carbonyl (C=O) groups excluding carboxylic acids is 2. The third-order valence-corrected chi connectivity index (χ3v) is 4.93. The van der Waals surface area contributed by atoms with Crippen LogP contribution in [0.2, 0.25) is 0 Å². The van der Waals surface area contributed by atoms with Crippen molar-refractivity contribution in [1.29, 1.82) is 0 Å². The highest BCUT2D eigenvalue weighted by molar-refractivity contribution is 5.95. The van der Waals surface area contributed by atoms with Gasteiger partial charge in [-0.3, -0.25) is 0 Å². The van der Waals surface area contributed by atoms with Crippen molar-refractivity contribution >= 4 is 44.3 Å². The van der Waals surface area contributed by atoms with Crippen LogP contribution in [0.1, 0.15) is 20.7 Å². The Bertz CT molecular complexity index is 1400. The highest BCUT2D eigenvalue weighted by Crippen LogP contribution is 2.14. The summed E-state index contributed by atoms with van der Waals surface area (Å²) in [7, 11) is 2.65. The molecule has 0 fully saturated rings. The first-order valence-electron chi connectivity index (χ1n) is 10.2. The lowest BCUT2D eigenvalue weighted by Crippen LogP contribution is -2.00. The van der Waals surface area contributed by atoms with Gasteiger partial charge in [0, 0.05) is 32.3 Å². The van der Waals surface area contributed by atoms with E-state index in [1.807, 2.05) is 24.3 Å². The summed E-state index contributed by atoms with van der Waals surface area (Å²) in [6.45, 7) is 0. The minimum atomic E-state index is -0.465. The van der Waals surface area contributed by atoms with Gasteiger partial charge in [-0.05, 0) is 60.7 Å². The van der Waals surface area contributed by atoms with E-state index in [0.717, 1.165) is 10.8 Å². The Kier molecular flexibility index (Phi) is 6.47. The third-order valence-electron chi connectivity index (χ3n) is 4.93. The first-order valence-corrected chi connectivity index (χ1v) is 10.2. The van der Waals surface area contributed by atoms with Gasteiger partial charge < -0.3 is 9.47 Å². The molecule has 0 saturated carbocycles. The van der Waals surface area contributed by atoms with Crippen molar-refractivity contribution in [1.82, 2.24) is 0 Å². The van der Waals surface area contributed by atoms with E-state index in [1.165, 1.54) is 14.2 Å². The minimum absolute atomic E-state index is 0.366. The first-order chi connectivity index (χ1) is 16.6. The summed E-state index contributed by atoms with van der Waals surface area (Å²) in [5.74, 6) is -0.930. The van der Waals surface area contributed by atoms with Gasteiger partial charge in [0.2, 0.25) is 0 Å². The molecule has 34 heavy (non-hydrogen) atoms. The Morgan fingerprint density at radius 3 is 1.29 bits per heavy atom. The molecule has 4 aromatic carbocycles. The molecule has 4 nitrogen and oxygen atoms in total. The average Bonchev–Trinajstić information content (AvgIpc) is 2.88. The quantitative estimate of drug-likeness (QED) is 0.393. The highest BCUT2D eigenvalue weighted by atomic mass is 16.5. The van der Waals surface area contributed by atoms with E-state index in [2.05, 4.69) is 48.5 Å². The summed E-state index contributed by atoms with van der Waals surface area (Å²) in [6.07, 6.45) is 0. The molecule has 0 N–H and O–H groups in total. The Hall–Kier alpha value is -5.16. The Balaban J connectivity index is 2.06. The van der Waals surface area contributed by atoms with Gasteiger partial charge in [0.05, 0.1) is 25.3 Å². The molecule has 0 heterocycles. The van der Waals surface area contributed by atoms with Crippen LogP contribution in [0.25, 0.3) is 32.3 Å². The van der Waals surface area contributed by atoms with Crippen LogP contribution in [-0.4, -0.2) is 26.2 Å². The summed E-state index contributed by atoms with van der Waals surface area (Å²) in [6, 6.07) is 41.7. The van der Waals surface area contributed by atoms with Crippen molar-refractivity contribution in [2.24, 2.45) is 0 Å². The van der Waals surface area contributed by atoms with E-state index in [4.69, 9.17) is 9.47 Å². The molecule has 0 unspecified atom stereocenters. The van der Waals surface area contributed by atoms with Gasteiger partial charge in [-0.2, -0.15) is 0 Å². The molecule has 160 valence electrons. The van der Waals surface area contributed by atoms with Gasteiger partial charge in [-0.15, -0.1) is 0 Å². The number of fused-ring (bicyclic) bond motifs is 3. The van der Waals surface area contributed by atoms with Gasteiger partial charge in [0.1, 0.15) is 0 Å². The van der Waals surface area contributed by atoms with Crippen molar-refractivity contribution in [3.8, 4) is 0 Å². The molecular formula is C30H16O4. The molecule has 4 rings (SSSR count). The molecule has 0 aliphatic rings. The van der Waals surface area contributed by atoms with Crippen molar-refractivity contribution in [2.75, 3.05) is 14.2 Å². The van der Waals surface area contributed by atoms with Crippen LogP contribution in [0.3, 0.4) is 0 Å². The van der Waals surface area contributed by atoms with E-state index in [9.17, 15) is 9.59 Å². The van der Waals surface area contributed by atoms with Gasteiger partial charge >= 0.3 is 11.9 Å². The smallest absolute Gasteiger partial charge is 0.337 e. The molecule has 0 aromatic heterocycles. The molecular weight excluding hydrogens is 424 g/mol. The van der Waals surface area contributed by atoms with Crippen molar-refractivity contribution < 1.29 is 19.1 Å². The van der Waals surface area contributed by atoms with Crippen LogP contribution < -0.4 is 0 Å². The van der Waals surface area contributed by atoms with Gasteiger partial charge in [0.15, 0.2) is 0 Å². The predicted molar refractivity (Wildman–Crippen MR) is 128 cm³/mol. The molecule has 0 aliphatic carbocycles. The third kappa shape index (κ3) is 4.84. The van der Waals surface area contributed by atoms with E-state index in [1.54, 1.807) is 36.4 Å². The number of rotatable bonds is 2. The molecule has 0 atom stereocenters. The topological polar surface area (TPSA) is 52.6 Å². The summed E-state index contributed by atoms with van der Waals surface area (Å²) < 4.78 is 9.63. The number of hydrogen-bond donors (Lipinski definition) is 0. The zero-order valence-electron chi connectivity index (χ0n) is 18.4. The molecule has 0 saturated heterocycles. The first kappa shape index (κ1) is 22.0. The fourth-order valence-electron chi connectivity index (χ4n) is 3.17. The second-order valence-corrected chi connectivity index (χ2v) is 7.05. The molecule has 0 radical (unpaired) electrons. The zero-order chi connectivity index (χ0) is 23.9. The lowest BCUT2D eigenvalue weighted by molar-refractivity contribution is 0.0592. The fraction of sp³-hybridized carbons (Fsp3) is 0.0667. The van der Waals surface area contributed by atoms with Crippen LogP contribution >= 0.6 is 0 Å². The number of hydrogen-bond acceptors (Lipinski definition) is 4.